The molecule has 0 radical (unpaired) electrons. The molecule has 0 aliphatic heterocycles. The van der Waals surface area contributed by atoms with Crippen molar-refractivity contribution in [2.75, 3.05) is 6.54 Å². The van der Waals surface area contributed by atoms with Crippen LogP contribution in [0.15, 0.2) is 29.3 Å². The Kier molecular flexibility index (Phi) is 3.35. The number of carbonyl (C=O) groups excluding carboxylic acids is 1. The molecular weight excluding hydrogens is 169 g/mol. The van der Waals surface area contributed by atoms with Gasteiger partial charge in [0.15, 0.2) is 0 Å². The fourth-order valence-corrected chi connectivity index (χ4v) is 1.09. The van der Waals surface area contributed by atoms with Crippen molar-refractivity contribution in [3.05, 3.63) is 35.6 Å². The minimum Gasteiger partial charge on any atom is -0.211 e. The third-order valence-corrected chi connectivity index (χ3v) is 1.85. The van der Waals surface area contributed by atoms with Gasteiger partial charge >= 0.3 is 0 Å². The van der Waals surface area contributed by atoms with Gasteiger partial charge in [-0.2, -0.15) is 0 Å². The minimum atomic E-state index is -0.264. The number of isocyanates is 1. The van der Waals surface area contributed by atoms with Crippen LogP contribution >= 0.6 is 0 Å². The summed E-state index contributed by atoms with van der Waals surface area (Å²) in [6, 6.07) is 6.30. The molecule has 1 unspecified atom stereocenters. The largest absolute Gasteiger partial charge is 0.234 e. The molecule has 1 aromatic rings. The predicted molar refractivity (Wildman–Crippen MR) is 47.8 cm³/mol. The Bertz CT molecular complexity index is 331. The molecule has 0 N–H and O–H groups in total. The summed E-state index contributed by atoms with van der Waals surface area (Å²) < 4.78 is 12.7. The van der Waals surface area contributed by atoms with E-state index in [-0.39, 0.29) is 11.7 Å². The Morgan fingerprint density at radius 3 is 3.00 bits per heavy atom. The van der Waals surface area contributed by atoms with E-state index in [1.165, 1.54) is 18.2 Å². The van der Waals surface area contributed by atoms with Gasteiger partial charge in [0.1, 0.15) is 5.82 Å². The monoisotopic (exact) mass is 179 g/mol. The van der Waals surface area contributed by atoms with Gasteiger partial charge < -0.3 is 0 Å². The lowest BCUT2D eigenvalue weighted by Crippen LogP contribution is -1.97. The number of benzene rings is 1. The Labute approximate surface area is 76.1 Å². The molecule has 0 saturated heterocycles. The van der Waals surface area contributed by atoms with Crippen molar-refractivity contribution < 1.29 is 9.18 Å². The third-order valence-electron chi connectivity index (χ3n) is 1.85. The summed E-state index contributed by atoms with van der Waals surface area (Å²) >= 11 is 0. The lowest BCUT2D eigenvalue weighted by Gasteiger charge is -2.06. The molecule has 0 spiro atoms. The normalized spacial score (nSPS) is 11.8. The quantitative estimate of drug-likeness (QED) is 0.517. The Morgan fingerprint density at radius 1 is 1.62 bits per heavy atom. The maximum atomic E-state index is 12.7. The summed E-state index contributed by atoms with van der Waals surface area (Å²) in [5, 5.41) is 0. The van der Waals surface area contributed by atoms with Gasteiger partial charge in [0, 0.05) is 5.92 Å². The van der Waals surface area contributed by atoms with Gasteiger partial charge in [-0.05, 0) is 17.7 Å². The topological polar surface area (TPSA) is 29.4 Å². The second-order valence-electron chi connectivity index (χ2n) is 2.89. The van der Waals surface area contributed by atoms with Crippen LogP contribution in [0.5, 0.6) is 0 Å². The molecular formula is C10H10FNO. The summed E-state index contributed by atoms with van der Waals surface area (Å²) in [5.41, 5.74) is 0.846. The zero-order valence-corrected chi connectivity index (χ0v) is 7.33. The lowest BCUT2D eigenvalue weighted by atomic mass is 10.0. The Hall–Kier alpha value is -1.47. The highest BCUT2D eigenvalue weighted by Gasteiger charge is 2.04. The summed E-state index contributed by atoms with van der Waals surface area (Å²) in [6.07, 6.45) is 1.46. The van der Waals surface area contributed by atoms with Gasteiger partial charge in [0.25, 0.3) is 0 Å². The van der Waals surface area contributed by atoms with Gasteiger partial charge in [0.2, 0.25) is 6.08 Å². The third kappa shape index (κ3) is 2.80. The van der Waals surface area contributed by atoms with Crippen LogP contribution in [0.2, 0.25) is 0 Å². The van der Waals surface area contributed by atoms with E-state index in [2.05, 4.69) is 4.99 Å². The van der Waals surface area contributed by atoms with E-state index >= 15 is 0 Å². The minimum absolute atomic E-state index is 0.0529. The van der Waals surface area contributed by atoms with Gasteiger partial charge in [-0.3, -0.25) is 0 Å². The Balaban J connectivity index is 2.76. The predicted octanol–water partition coefficient (Wildman–Crippen LogP) is 2.27. The summed E-state index contributed by atoms with van der Waals surface area (Å²) in [4.78, 5) is 13.3. The molecule has 13 heavy (non-hydrogen) atoms. The van der Waals surface area contributed by atoms with Crippen LogP contribution in [-0.2, 0) is 4.79 Å². The number of aliphatic imine (C=N–C) groups is 1. The van der Waals surface area contributed by atoms with E-state index < -0.39 is 0 Å². The van der Waals surface area contributed by atoms with Crippen molar-refractivity contribution in [3.8, 4) is 0 Å². The van der Waals surface area contributed by atoms with Crippen LogP contribution in [-0.4, -0.2) is 12.6 Å². The molecule has 2 nitrogen and oxygen atoms in total. The van der Waals surface area contributed by atoms with Crippen molar-refractivity contribution in [2.24, 2.45) is 4.99 Å². The molecule has 0 aliphatic rings. The maximum Gasteiger partial charge on any atom is 0.234 e. The van der Waals surface area contributed by atoms with E-state index in [4.69, 9.17) is 0 Å². The average Bonchev–Trinajstić information content (AvgIpc) is 2.14. The molecule has 0 aromatic heterocycles. The van der Waals surface area contributed by atoms with Gasteiger partial charge in [-0.15, -0.1) is 0 Å². The highest BCUT2D eigenvalue weighted by Crippen LogP contribution is 2.15. The zero-order valence-electron chi connectivity index (χ0n) is 7.33. The standard InChI is InChI=1S/C10H10FNO/c1-8(6-12-7-13)9-3-2-4-10(11)5-9/h2-5,8H,6H2,1H3. The van der Waals surface area contributed by atoms with Gasteiger partial charge in [-0.1, -0.05) is 19.1 Å². The molecule has 0 aliphatic carbocycles. The lowest BCUT2D eigenvalue weighted by molar-refractivity contribution is 0.561. The zero-order chi connectivity index (χ0) is 9.68. The molecule has 1 aromatic carbocycles. The molecule has 68 valence electrons. The summed E-state index contributed by atoms with van der Waals surface area (Å²) in [6.45, 7) is 2.24. The summed E-state index contributed by atoms with van der Waals surface area (Å²) in [7, 11) is 0. The molecule has 1 atom stereocenters. The van der Waals surface area contributed by atoms with Gasteiger partial charge in [-0.25, -0.2) is 14.2 Å². The van der Waals surface area contributed by atoms with E-state index in [1.807, 2.05) is 13.0 Å². The first-order chi connectivity index (χ1) is 6.24. The first-order valence-electron chi connectivity index (χ1n) is 4.03. The van der Waals surface area contributed by atoms with E-state index in [0.29, 0.717) is 6.54 Å². The van der Waals surface area contributed by atoms with E-state index in [1.54, 1.807) is 6.07 Å². The Morgan fingerprint density at radius 2 is 2.38 bits per heavy atom. The molecule has 1 rings (SSSR count). The number of hydrogen-bond acceptors (Lipinski definition) is 2. The van der Waals surface area contributed by atoms with Crippen molar-refractivity contribution >= 4 is 6.08 Å². The molecule has 0 fully saturated rings. The molecule has 3 heteroatoms. The maximum absolute atomic E-state index is 12.7. The van der Waals surface area contributed by atoms with E-state index in [9.17, 15) is 9.18 Å². The fourth-order valence-electron chi connectivity index (χ4n) is 1.09. The number of rotatable bonds is 3. The second-order valence-corrected chi connectivity index (χ2v) is 2.89. The fraction of sp³-hybridized carbons (Fsp3) is 0.300. The van der Waals surface area contributed by atoms with Crippen molar-refractivity contribution in [3.63, 3.8) is 0 Å². The number of halogens is 1. The smallest absolute Gasteiger partial charge is 0.211 e. The van der Waals surface area contributed by atoms with Crippen LogP contribution < -0.4 is 0 Å². The first-order valence-corrected chi connectivity index (χ1v) is 4.03. The molecule has 0 saturated carbocycles. The molecule has 0 bridgehead atoms. The molecule has 0 amide bonds. The van der Waals surface area contributed by atoms with Crippen LogP contribution in [0.4, 0.5) is 4.39 Å². The highest BCUT2D eigenvalue weighted by molar-refractivity contribution is 5.33. The van der Waals surface area contributed by atoms with Crippen LogP contribution in [0, 0.1) is 5.82 Å². The highest BCUT2D eigenvalue weighted by atomic mass is 19.1. The van der Waals surface area contributed by atoms with Crippen molar-refractivity contribution in [1.82, 2.24) is 0 Å². The SMILES string of the molecule is CC(CN=C=O)c1cccc(F)c1. The summed E-state index contributed by atoms with van der Waals surface area (Å²) in [5.74, 6) is -0.211. The van der Waals surface area contributed by atoms with Crippen LogP contribution in [0.1, 0.15) is 18.4 Å². The van der Waals surface area contributed by atoms with Crippen molar-refractivity contribution in [1.29, 1.82) is 0 Å². The first kappa shape index (κ1) is 9.62. The van der Waals surface area contributed by atoms with Crippen LogP contribution in [0.3, 0.4) is 0 Å². The van der Waals surface area contributed by atoms with Crippen molar-refractivity contribution in [2.45, 2.75) is 12.8 Å². The van der Waals surface area contributed by atoms with E-state index in [0.717, 1.165) is 5.56 Å². The number of hydrogen-bond donors (Lipinski definition) is 0. The van der Waals surface area contributed by atoms with Gasteiger partial charge in [0.05, 0.1) is 6.54 Å². The van der Waals surface area contributed by atoms with Crippen LogP contribution in [0.25, 0.3) is 0 Å². The number of nitrogens with zero attached hydrogens (tertiary/aromatic N) is 1. The average molecular weight is 179 g/mol. The molecule has 0 heterocycles. The second kappa shape index (κ2) is 4.53.